The van der Waals surface area contributed by atoms with E-state index in [0.29, 0.717) is 25.7 Å². The van der Waals surface area contributed by atoms with Crippen molar-refractivity contribution < 1.29 is 23.8 Å². The summed E-state index contributed by atoms with van der Waals surface area (Å²) in [7, 11) is 1.36. The van der Waals surface area contributed by atoms with Crippen molar-refractivity contribution in [2.45, 2.75) is 31.7 Å². The summed E-state index contributed by atoms with van der Waals surface area (Å²) >= 11 is 0. The molecular weight excluding hydrogens is 279 g/mol. The fraction of sp³-hybridized carbons (Fsp3) is 0.500. The van der Waals surface area contributed by atoms with Crippen LogP contribution < -0.4 is 5.32 Å². The molecule has 2 rings (SSSR count). The molecule has 0 aromatic carbocycles. The lowest BCUT2D eigenvalue weighted by molar-refractivity contribution is -0.146. The highest BCUT2D eigenvalue weighted by Gasteiger charge is 2.27. The van der Waals surface area contributed by atoms with Crippen LogP contribution in [0.5, 0.6) is 0 Å². The van der Waals surface area contributed by atoms with E-state index in [2.05, 4.69) is 10.3 Å². The average Bonchev–Trinajstić information content (AvgIpc) is 2.47. The molecule has 0 saturated heterocycles. The highest BCUT2D eigenvalue weighted by molar-refractivity contribution is 5.93. The third-order valence-electron chi connectivity index (χ3n) is 3.69. The van der Waals surface area contributed by atoms with Crippen LogP contribution in [0, 0.1) is 11.9 Å². The van der Waals surface area contributed by atoms with Gasteiger partial charge >= 0.3 is 11.9 Å². The predicted octanol–water partition coefficient (Wildman–Crippen LogP) is 2.06. The number of hydrogen-bond donors (Lipinski definition) is 2. The number of esters is 1. The molecule has 0 aliphatic heterocycles. The molecule has 21 heavy (non-hydrogen) atoms. The van der Waals surface area contributed by atoms with E-state index in [1.807, 2.05) is 0 Å². The number of nitrogens with zero attached hydrogens (tertiary/aromatic N) is 1. The number of aromatic nitrogens is 1. The summed E-state index contributed by atoms with van der Waals surface area (Å²) in [4.78, 5) is 26.1. The highest BCUT2D eigenvalue weighted by atomic mass is 19.1. The number of carbonyl (C=O) groups excluding carboxylic acids is 1. The number of anilines is 1. The van der Waals surface area contributed by atoms with Gasteiger partial charge in [-0.05, 0) is 37.8 Å². The van der Waals surface area contributed by atoms with Gasteiger partial charge in [0.2, 0.25) is 5.95 Å². The Morgan fingerprint density at radius 3 is 2.57 bits per heavy atom. The largest absolute Gasteiger partial charge is 0.478 e. The summed E-state index contributed by atoms with van der Waals surface area (Å²) in [5, 5.41) is 12.0. The van der Waals surface area contributed by atoms with Crippen LogP contribution >= 0.6 is 0 Å². The Bertz CT molecular complexity index is 542. The van der Waals surface area contributed by atoms with Crippen LogP contribution in [-0.4, -0.2) is 35.2 Å². The predicted molar refractivity (Wildman–Crippen MR) is 72.5 cm³/mol. The van der Waals surface area contributed by atoms with Gasteiger partial charge in [0.15, 0.2) is 0 Å². The first kappa shape index (κ1) is 15.2. The number of pyridine rings is 1. The molecule has 1 aliphatic carbocycles. The second-order valence-electron chi connectivity index (χ2n) is 5.05. The van der Waals surface area contributed by atoms with E-state index in [-0.39, 0.29) is 29.3 Å². The van der Waals surface area contributed by atoms with E-state index < -0.39 is 11.9 Å². The minimum absolute atomic E-state index is 0.0293. The average molecular weight is 296 g/mol. The Hall–Kier alpha value is -2.18. The Balaban J connectivity index is 2.02. The maximum atomic E-state index is 13.2. The minimum Gasteiger partial charge on any atom is -0.478 e. The van der Waals surface area contributed by atoms with Crippen molar-refractivity contribution in [2.75, 3.05) is 12.4 Å². The zero-order chi connectivity index (χ0) is 15.4. The van der Waals surface area contributed by atoms with Crippen molar-refractivity contribution in [1.29, 1.82) is 0 Å². The molecule has 6 nitrogen and oxygen atoms in total. The fourth-order valence-electron chi connectivity index (χ4n) is 2.55. The second kappa shape index (κ2) is 6.51. The summed E-state index contributed by atoms with van der Waals surface area (Å²) in [5.41, 5.74) is -0.0634. The molecule has 0 radical (unpaired) electrons. The van der Waals surface area contributed by atoms with E-state index in [1.54, 1.807) is 0 Å². The van der Waals surface area contributed by atoms with Crippen molar-refractivity contribution in [3.8, 4) is 0 Å². The molecule has 7 heteroatoms. The molecule has 1 fully saturated rings. The lowest BCUT2D eigenvalue weighted by Gasteiger charge is -2.28. The Labute approximate surface area is 121 Å². The van der Waals surface area contributed by atoms with Crippen LogP contribution in [0.2, 0.25) is 0 Å². The first-order valence-electron chi connectivity index (χ1n) is 6.75. The molecule has 1 heterocycles. The molecule has 114 valence electrons. The summed E-state index contributed by atoms with van der Waals surface area (Å²) < 4.78 is 17.9. The zero-order valence-corrected chi connectivity index (χ0v) is 11.6. The van der Waals surface area contributed by atoms with Crippen LogP contribution in [0.3, 0.4) is 0 Å². The smallest absolute Gasteiger partial charge is 0.339 e. The van der Waals surface area contributed by atoms with Crippen LogP contribution in [0.4, 0.5) is 10.2 Å². The third kappa shape index (κ3) is 3.68. The monoisotopic (exact) mass is 296 g/mol. The topological polar surface area (TPSA) is 88.5 Å². The number of carboxylic acids is 1. The lowest BCUT2D eigenvalue weighted by atomic mass is 9.86. The van der Waals surface area contributed by atoms with Gasteiger partial charge < -0.3 is 15.2 Å². The molecule has 1 aromatic heterocycles. The SMILES string of the molecule is COC(=O)C1CCC(Nc2nc(F)ccc2C(=O)O)CC1. The lowest BCUT2D eigenvalue weighted by Crippen LogP contribution is -2.30. The van der Waals surface area contributed by atoms with Crippen LogP contribution in [0.15, 0.2) is 12.1 Å². The maximum Gasteiger partial charge on any atom is 0.339 e. The number of aromatic carboxylic acids is 1. The minimum atomic E-state index is -1.16. The van der Waals surface area contributed by atoms with Crippen LogP contribution in [0.25, 0.3) is 0 Å². The summed E-state index contributed by atoms with van der Waals surface area (Å²) in [6.07, 6.45) is 2.66. The van der Waals surface area contributed by atoms with Crippen LogP contribution in [0.1, 0.15) is 36.0 Å². The number of carboxylic acid groups (broad SMARTS) is 1. The van der Waals surface area contributed by atoms with E-state index in [1.165, 1.54) is 13.2 Å². The number of nitrogens with one attached hydrogen (secondary N) is 1. The number of hydrogen-bond acceptors (Lipinski definition) is 5. The molecule has 0 unspecified atom stereocenters. The maximum absolute atomic E-state index is 13.2. The third-order valence-corrected chi connectivity index (χ3v) is 3.69. The number of carbonyl (C=O) groups is 2. The highest BCUT2D eigenvalue weighted by Crippen LogP contribution is 2.28. The van der Waals surface area contributed by atoms with Gasteiger partial charge in [0, 0.05) is 6.04 Å². The van der Waals surface area contributed by atoms with E-state index in [4.69, 9.17) is 9.84 Å². The van der Waals surface area contributed by atoms with Gasteiger partial charge in [0.25, 0.3) is 0 Å². The van der Waals surface area contributed by atoms with Gasteiger partial charge in [-0.3, -0.25) is 4.79 Å². The fourth-order valence-corrected chi connectivity index (χ4v) is 2.55. The van der Waals surface area contributed by atoms with Gasteiger partial charge in [-0.2, -0.15) is 4.39 Å². The van der Waals surface area contributed by atoms with Crippen molar-refractivity contribution >= 4 is 17.8 Å². The molecule has 0 spiro atoms. The van der Waals surface area contributed by atoms with Crippen molar-refractivity contribution in [3.05, 3.63) is 23.6 Å². The summed E-state index contributed by atoms with van der Waals surface area (Å²) in [5.74, 6) is -2.20. The van der Waals surface area contributed by atoms with Gasteiger partial charge in [-0.15, -0.1) is 0 Å². The Morgan fingerprint density at radius 1 is 1.33 bits per heavy atom. The first-order chi connectivity index (χ1) is 10.0. The molecule has 2 N–H and O–H groups in total. The number of halogens is 1. The molecule has 0 bridgehead atoms. The second-order valence-corrected chi connectivity index (χ2v) is 5.05. The molecule has 0 amide bonds. The van der Waals surface area contributed by atoms with Crippen molar-refractivity contribution in [3.63, 3.8) is 0 Å². The van der Waals surface area contributed by atoms with Crippen molar-refractivity contribution in [2.24, 2.45) is 5.92 Å². The van der Waals surface area contributed by atoms with E-state index >= 15 is 0 Å². The van der Waals surface area contributed by atoms with Gasteiger partial charge in [-0.1, -0.05) is 0 Å². The molecule has 0 atom stereocenters. The standard InChI is InChI=1S/C14H17FN2O4/c1-21-14(20)8-2-4-9(5-3-8)16-12-10(13(18)19)6-7-11(15)17-12/h6-9H,2-5H2,1H3,(H,16,17)(H,18,19). The quantitative estimate of drug-likeness (QED) is 0.653. The molecule has 1 aliphatic rings. The number of rotatable bonds is 4. The van der Waals surface area contributed by atoms with Gasteiger partial charge in [-0.25, -0.2) is 9.78 Å². The molecule has 1 aromatic rings. The molecular formula is C14H17FN2O4. The first-order valence-corrected chi connectivity index (χ1v) is 6.75. The Morgan fingerprint density at radius 2 is 2.00 bits per heavy atom. The van der Waals surface area contributed by atoms with E-state index in [9.17, 15) is 14.0 Å². The number of ether oxygens (including phenoxy) is 1. The summed E-state index contributed by atoms with van der Waals surface area (Å²) in [6, 6.07) is 2.17. The van der Waals surface area contributed by atoms with Crippen molar-refractivity contribution in [1.82, 2.24) is 4.98 Å². The van der Waals surface area contributed by atoms with E-state index in [0.717, 1.165) is 6.07 Å². The van der Waals surface area contributed by atoms with Gasteiger partial charge in [0.1, 0.15) is 11.4 Å². The van der Waals surface area contributed by atoms with Crippen LogP contribution in [-0.2, 0) is 9.53 Å². The summed E-state index contributed by atoms with van der Waals surface area (Å²) in [6.45, 7) is 0. The number of methoxy groups -OCH3 is 1. The Kier molecular flexibility index (Phi) is 4.72. The normalized spacial score (nSPS) is 21.6. The van der Waals surface area contributed by atoms with Gasteiger partial charge in [0.05, 0.1) is 13.0 Å². The molecule has 1 saturated carbocycles. The zero-order valence-electron chi connectivity index (χ0n) is 11.6.